The standard InChI is InChI=1S/C21H29NO6S/c1-12(2)26-21(24)15-11-29-20(22-15)16-7-6-13-14(10-23)18(9-17(13)27-16)28-19-5-3-4-8-25-19/h10-14,16-19H,3-9H2,1-2H3/t13-,14+,16-,17+,18-,19?/m1/s1. The summed E-state index contributed by atoms with van der Waals surface area (Å²) in [6.45, 7) is 4.35. The van der Waals surface area contributed by atoms with Crippen LogP contribution in [0.4, 0.5) is 0 Å². The van der Waals surface area contributed by atoms with Gasteiger partial charge in [0, 0.05) is 24.3 Å². The topological polar surface area (TPSA) is 84.0 Å². The van der Waals surface area contributed by atoms with Crippen molar-refractivity contribution in [3.8, 4) is 0 Å². The molecule has 160 valence electrons. The molecule has 1 aromatic heterocycles. The minimum Gasteiger partial charge on any atom is -0.458 e. The number of carbonyl (C=O) groups excluding carboxylic acids is 2. The zero-order chi connectivity index (χ0) is 20.4. The molecule has 1 aliphatic carbocycles. The van der Waals surface area contributed by atoms with Gasteiger partial charge in [-0.3, -0.25) is 0 Å². The van der Waals surface area contributed by atoms with Crippen molar-refractivity contribution in [1.29, 1.82) is 0 Å². The maximum atomic E-state index is 12.1. The third-order valence-electron chi connectivity index (χ3n) is 5.94. The summed E-state index contributed by atoms with van der Waals surface area (Å²) in [5.41, 5.74) is 0.331. The highest BCUT2D eigenvalue weighted by molar-refractivity contribution is 7.09. The van der Waals surface area contributed by atoms with Gasteiger partial charge in [0.25, 0.3) is 0 Å². The maximum absolute atomic E-state index is 12.1. The Morgan fingerprint density at radius 2 is 2.17 bits per heavy atom. The molecule has 6 atom stereocenters. The smallest absolute Gasteiger partial charge is 0.358 e. The van der Waals surface area contributed by atoms with Gasteiger partial charge >= 0.3 is 5.97 Å². The average molecular weight is 424 g/mol. The second-order valence-electron chi connectivity index (χ2n) is 8.35. The van der Waals surface area contributed by atoms with Crippen LogP contribution >= 0.6 is 11.3 Å². The lowest BCUT2D eigenvalue weighted by atomic mass is 9.87. The van der Waals surface area contributed by atoms with E-state index < -0.39 is 5.97 Å². The van der Waals surface area contributed by atoms with Gasteiger partial charge in [0.1, 0.15) is 17.4 Å². The van der Waals surface area contributed by atoms with Crippen molar-refractivity contribution in [3.63, 3.8) is 0 Å². The van der Waals surface area contributed by atoms with Crippen LogP contribution in [0.2, 0.25) is 0 Å². The second kappa shape index (κ2) is 9.20. The van der Waals surface area contributed by atoms with E-state index in [9.17, 15) is 9.59 Å². The number of aldehydes is 1. The van der Waals surface area contributed by atoms with Crippen LogP contribution in [0.3, 0.4) is 0 Å². The summed E-state index contributed by atoms with van der Waals surface area (Å²) in [5.74, 6) is -0.388. The van der Waals surface area contributed by atoms with Gasteiger partial charge in [0.2, 0.25) is 0 Å². The summed E-state index contributed by atoms with van der Waals surface area (Å²) in [6.07, 6.45) is 5.71. The fourth-order valence-electron chi connectivity index (χ4n) is 4.58. The van der Waals surface area contributed by atoms with Crippen LogP contribution in [0.1, 0.15) is 74.0 Å². The van der Waals surface area contributed by atoms with Gasteiger partial charge in [-0.25, -0.2) is 9.78 Å². The number of rotatable bonds is 6. The van der Waals surface area contributed by atoms with Crippen molar-refractivity contribution in [2.45, 2.75) is 83.1 Å². The second-order valence-corrected chi connectivity index (χ2v) is 9.24. The van der Waals surface area contributed by atoms with Crippen LogP contribution in [-0.4, -0.2) is 48.4 Å². The normalized spacial score (nSPS) is 34.7. The highest BCUT2D eigenvalue weighted by Gasteiger charge is 2.48. The summed E-state index contributed by atoms with van der Waals surface area (Å²) in [4.78, 5) is 28.3. The summed E-state index contributed by atoms with van der Waals surface area (Å²) in [5, 5.41) is 2.52. The molecule has 3 fully saturated rings. The molecule has 3 aliphatic rings. The first-order chi connectivity index (χ1) is 14.0. The highest BCUT2D eigenvalue weighted by Crippen LogP contribution is 2.46. The summed E-state index contributed by atoms with van der Waals surface area (Å²) >= 11 is 1.42. The minimum absolute atomic E-state index is 0.0347. The van der Waals surface area contributed by atoms with Gasteiger partial charge in [-0.05, 0) is 51.9 Å². The van der Waals surface area contributed by atoms with Crippen LogP contribution in [0.15, 0.2) is 5.38 Å². The van der Waals surface area contributed by atoms with Crippen molar-refractivity contribution in [1.82, 2.24) is 4.98 Å². The first kappa shape index (κ1) is 20.9. The zero-order valence-electron chi connectivity index (χ0n) is 17.0. The molecule has 3 heterocycles. The van der Waals surface area contributed by atoms with E-state index in [-0.39, 0.29) is 42.5 Å². The van der Waals surface area contributed by atoms with Gasteiger partial charge in [0.15, 0.2) is 12.0 Å². The largest absolute Gasteiger partial charge is 0.458 e. The number of nitrogens with zero attached hydrogens (tertiary/aromatic N) is 1. The molecule has 2 saturated heterocycles. The van der Waals surface area contributed by atoms with Crippen molar-refractivity contribution in [2.75, 3.05) is 6.61 Å². The minimum atomic E-state index is -0.404. The molecule has 0 spiro atoms. The highest BCUT2D eigenvalue weighted by atomic mass is 32.1. The maximum Gasteiger partial charge on any atom is 0.358 e. The molecule has 8 heteroatoms. The lowest BCUT2D eigenvalue weighted by molar-refractivity contribution is -0.195. The predicted molar refractivity (Wildman–Crippen MR) is 106 cm³/mol. The van der Waals surface area contributed by atoms with Crippen molar-refractivity contribution < 1.29 is 28.5 Å². The number of esters is 1. The van der Waals surface area contributed by atoms with Gasteiger partial charge in [-0.15, -0.1) is 11.3 Å². The van der Waals surface area contributed by atoms with Gasteiger partial charge in [-0.2, -0.15) is 0 Å². The SMILES string of the molecule is CC(C)OC(=O)c1csc([C@H]2CC[C@@H]3[C@H](C=O)[C@H](OC4CCCCO4)C[C@@H]3O2)n1. The summed E-state index contributed by atoms with van der Waals surface area (Å²) in [6, 6.07) is 0. The lowest BCUT2D eigenvalue weighted by Gasteiger charge is -2.32. The van der Waals surface area contributed by atoms with E-state index in [1.165, 1.54) is 11.3 Å². The molecule has 1 saturated carbocycles. The first-order valence-corrected chi connectivity index (χ1v) is 11.5. The third kappa shape index (κ3) is 4.71. The molecule has 7 nitrogen and oxygen atoms in total. The quantitative estimate of drug-likeness (QED) is 0.510. The molecule has 1 unspecified atom stereocenters. The Morgan fingerprint density at radius 1 is 1.31 bits per heavy atom. The van der Waals surface area contributed by atoms with Crippen LogP contribution in [0.5, 0.6) is 0 Å². The third-order valence-corrected chi connectivity index (χ3v) is 6.87. The van der Waals surface area contributed by atoms with Crippen molar-refractivity contribution in [3.05, 3.63) is 16.1 Å². The number of fused-ring (bicyclic) bond motifs is 1. The Balaban J connectivity index is 1.38. The van der Waals surface area contributed by atoms with E-state index in [0.717, 1.165) is 50.0 Å². The Kier molecular flexibility index (Phi) is 6.63. The first-order valence-electron chi connectivity index (χ1n) is 10.6. The molecule has 0 aromatic carbocycles. The zero-order valence-corrected chi connectivity index (χ0v) is 17.8. The van der Waals surface area contributed by atoms with Crippen LogP contribution < -0.4 is 0 Å². The van der Waals surface area contributed by atoms with E-state index in [0.29, 0.717) is 12.1 Å². The lowest BCUT2D eigenvalue weighted by Crippen LogP contribution is -2.33. The molecule has 0 radical (unpaired) electrons. The summed E-state index contributed by atoms with van der Waals surface area (Å²) < 4.78 is 23.4. The molecule has 29 heavy (non-hydrogen) atoms. The number of ether oxygens (including phenoxy) is 4. The fraction of sp³-hybridized carbons (Fsp3) is 0.762. The van der Waals surface area contributed by atoms with E-state index in [2.05, 4.69) is 4.98 Å². The average Bonchev–Trinajstić information content (AvgIpc) is 3.32. The molecule has 4 rings (SSSR count). The fourth-order valence-corrected chi connectivity index (χ4v) is 5.43. The van der Waals surface area contributed by atoms with E-state index >= 15 is 0 Å². The molecule has 1 aromatic rings. The number of carbonyl (C=O) groups is 2. The predicted octanol–water partition coefficient (Wildman–Crippen LogP) is 3.68. The Hall–Kier alpha value is -1.35. The molecule has 2 aliphatic heterocycles. The molecular formula is C21H29NO6S. The van der Waals surface area contributed by atoms with Crippen LogP contribution in [0, 0.1) is 11.8 Å². The van der Waals surface area contributed by atoms with E-state index in [1.54, 1.807) is 5.38 Å². The Morgan fingerprint density at radius 3 is 2.90 bits per heavy atom. The summed E-state index contributed by atoms with van der Waals surface area (Å²) in [7, 11) is 0. The molecule has 0 amide bonds. The van der Waals surface area contributed by atoms with E-state index in [1.807, 2.05) is 13.8 Å². The Bertz CT molecular complexity index is 716. The van der Waals surface area contributed by atoms with Gasteiger partial charge < -0.3 is 23.7 Å². The van der Waals surface area contributed by atoms with Crippen molar-refractivity contribution in [2.24, 2.45) is 11.8 Å². The number of hydrogen-bond donors (Lipinski definition) is 0. The number of hydrogen-bond acceptors (Lipinski definition) is 8. The van der Waals surface area contributed by atoms with Gasteiger partial charge in [-0.1, -0.05) is 0 Å². The van der Waals surface area contributed by atoms with Crippen LogP contribution in [0.25, 0.3) is 0 Å². The van der Waals surface area contributed by atoms with Crippen LogP contribution in [-0.2, 0) is 23.7 Å². The molecular weight excluding hydrogens is 394 g/mol. The Labute approximate surface area is 175 Å². The van der Waals surface area contributed by atoms with Gasteiger partial charge in [0.05, 0.1) is 18.3 Å². The monoisotopic (exact) mass is 423 g/mol. The molecule has 0 N–H and O–H groups in total. The number of thiazole rings is 1. The van der Waals surface area contributed by atoms with Crippen molar-refractivity contribution >= 4 is 23.6 Å². The van der Waals surface area contributed by atoms with E-state index in [4.69, 9.17) is 18.9 Å². The number of aromatic nitrogens is 1. The molecule has 0 bridgehead atoms.